The third kappa shape index (κ3) is 3.64. The number of rotatable bonds is 6. The highest BCUT2D eigenvalue weighted by Gasteiger charge is 2.72. The van der Waals surface area contributed by atoms with Crippen molar-refractivity contribution in [1.82, 2.24) is 0 Å². The van der Waals surface area contributed by atoms with Crippen molar-refractivity contribution in [2.45, 2.75) is 18.0 Å². The molecule has 0 saturated carbocycles. The molecule has 2 heterocycles. The van der Waals surface area contributed by atoms with E-state index in [1.54, 1.807) is 74.9 Å². The number of nitrogens with zero attached hydrogens (tertiary/aromatic N) is 1. The van der Waals surface area contributed by atoms with Gasteiger partial charge in [0.2, 0.25) is 0 Å². The van der Waals surface area contributed by atoms with Crippen LogP contribution in [0.5, 0.6) is 17.2 Å². The molecule has 0 N–H and O–H groups in total. The fourth-order valence-corrected chi connectivity index (χ4v) is 7.26. The van der Waals surface area contributed by atoms with Gasteiger partial charge in [0.05, 0.1) is 27.4 Å². The molecule has 7 nitrogen and oxygen atoms in total. The second-order valence-electron chi connectivity index (χ2n) is 11.0. The van der Waals surface area contributed by atoms with Crippen LogP contribution in [-0.4, -0.2) is 50.8 Å². The van der Waals surface area contributed by atoms with Crippen molar-refractivity contribution in [3.8, 4) is 17.2 Å². The number of carbonyl (C=O) groups is 3. The number of carbonyl (C=O) groups excluding carboxylic acids is 3. The third-order valence-corrected chi connectivity index (χ3v) is 9.13. The van der Waals surface area contributed by atoms with Crippen LogP contribution in [-0.2, 0) is 0 Å². The molecule has 3 aliphatic rings. The van der Waals surface area contributed by atoms with Crippen molar-refractivity contribution >= 4 is 29.1 Å². The zero-order valence-corrected chi connectivity index (χ0v) is 23.9. The molecule has 43 heavy (non-hydrogen) atoms. The maximum Gasteiger partial charge on any atom is 0.185 e. The topological polar surface area (TPSA) is 82.1 Å². The average Bonchev–Trinajstić information content (AvgIpc) is 3.50. The predicted molar refractivity (Wildman–Crippen MR) is 163 cm³/mol. The van der Waals surface area contributed by atoms with Crippen LogP contribution < -0.4 is 19.1 Å². The number of Topliss-reactive ketones (excluding diaryl/α,β-unsaturated/α-hetero) is 3. The summed E-state index contributed by atoms with van der Waals surface area (Å²) < 4.78 is 16.7. The number of hydrogen-bond donors (Lipinski definition) is 0. The Morgan fingerprint density at radius 3 is 2.02 bits per heavy atom. The first-order chi connectivity index (χ1) is 20.9. The number of ketones is 3. The zero-order chi connectivity index (χ0) is 29.9. The van der Waals surface area contributed by atoms with Crippen molar-refractivity contribution in [3.63, 3.8) is 0 Å². The van der Waals surface area contributed by atoms with Crippen molar-refractivity contribution in [2.24, 2.45) is 5.41 Å². The Bertz CT molecular complexity index is 1790. The average molecular weight is 572 g/mol. The summed E-state index contributed by atoms with van der Waals surface area (Å²) in [5.41, 5.74) is 1.84. The molecule has 0 aromatic heterocycles. The van der Waals surface area contributed by atoms with Crippen LogP contribution in [0.2, 0.25) is 0 Å². The van der Waals surface area contributed by atoms with Crippen molar-refractivity contribution in [2.75, 3.05) is 26.2 Å². The van der Waals surface area contributed by atoms with Gasteiger partial charge >= 0.3 is 0 Å². The summed E-state index contributed by atoms with van der Waals surface area (Å²) in [4.78, 5) is 46.5. The number of para-hydroxylation sites is 1. The van der Waals surface area contributed by atoms with Gasteiger partial charge in [0.1, 0.15) is 28.7 Å². The molecule has 0 bridgehead atoms. The van der Waals surface area contributed by atoms with Gasteiger partial charge in [-0.2, -0.15) is 0 Å². The van der Waals surface area contributed by atoms with Gasteiger partial charge in [0.15, 0.2) is 17.3 Å². The summed E-state index contributed by atoms with van der Waals surface area (Å²) in [5.74, 6) is -0.0789. The number of anilines is 1. The molecule has 0 amide bonds. The van der Waals surface area contributed by atoms with Crippen molar-refractivity contribution in [1.29, 1.82) is 0 Å². The molecule has 214 valence electrons. The molecule has 3 atom stereocenters. The van der Waals surface area contributed by atoms with Gasteiger partial charge in [0, 0.05) is 39.9 Å². The van der Waals surface area contributed by atoms with Gasteiger partial charge in [-0.1, -0.05) is 60.7 Å². The Morgan fingerprint density at radius 2 is 1.37 bits per heavy atom. The summed E-state index contributed by atoms with van der Waals surface area (Å²) in [7, 11) is 4.67. The van der Waals surface area contributed by atoms with Crippen LogP contribution in [0.15, 0.2) is 97.1 Å². The minimum atomic E-state index is -1.62. The molecule has 7 rings (SSSR count). The number of benzene rings is 4. The molecule has 0 unspecified atom stereocenters. The lowest BCUT2D eigenvalue weighted by atomic mass is 9.64. The summed E-state index contributed by atoms with van der Waals surface area (Å²) >= 11 is 0. The van der Waals surface area contributed by atoms with E-state index in [0.717, 1.165) is 11.3 Å². The van der Waals surface area contributed by atoms with Crippen LogP contribution in [0.4, 0.5) is 5.69 Å². The maximum absolute atomic E-state index is 14.8. The van der Waals surface area contributed by atoms with E-state index in [-0.39, 0.29) is 17.3 Å². The molecule has 4 aromatic rings. The molecule has 0 radical (unpaired) electrons. The largest absolute Gasteiger partial charge is 0.497 e. The van der Waals surface area contributed by atoms with E-state index >= 15 is 0 Å². The molecular formula is C36H29NO6. The first-order valence-corrected chi connectivity index (χ1v) is 14.1. The molecule has 7 heteroatoms. The van der Waals surface area contributed by atoms with Gasteiger partial charge in [-0.15, -0.1) is 0 Å². The van der Waals surface area contributed by atoms with Crippen LogP contribution in [0, 0.1) is 5.41 Å². The van der Waals surface area contributed by atoms with Gasteiger partial charge in [-0.3, -0.25) is 14.4 Å². The normalized spacial score (nSPS) is 20.9. The van der Waals surface area contributed by atoms with Crippen LogP contribution in [0.1, 0.15) is 48.1 Å². The first-order valence-electron chi connectivity index (χ1n) is 14.1. The highest BCUT2D eigenvalue weighted by atomic mass is 16.5. The Kier molecular flexibility index (Phi) is 6.20. The van der Waals surface area contributed by atoms with Gasteiger partial charge in [0.25, 0.3) is 0 Å². The minimum absolute atomic E-state index is 0.214. The second kappa shape index (κ2) is 9.98. The van der Waals surface area contributed by atoms with Gasteiger partial charge in [-0.05, 0) is 42.0 Å². The summed E-state index contributed by atoms with van der Waals surface area (Å²) in [6.07, 6.45) is 3.86. The molecule has 1 fully saturated rings. The highest BCUT2D eigenvalue weighted by Crippen LogP contribution is 2.62. The number of methoxy groups -OCH3 is 3. The van der Waals surface area contributed by atoms with Gasteiger partial charge < -0.3 is 19.1 Å². The van der Waals surface area contributed by atoms with E-state index in [4.69, 9.17) is 14.2 Å². The number of fused-ring (bicyclic) bond motifs is 5. The molecule has 1 saturated heterocycles. The van der Waals surface area contributed by atoms with Crippen LogP contribution >= 0.6 is 0 Å². The van der Waals surface area contributed by atoms with E-state index in [2.05, 4.69) is 0 Å². The molecule has 1 spiro atoms. The Hall–Kier alpha value is -5.17. The molecule has 2 aliphatic heterocycles. The number of hydrogen-bond acceptors (Lipinski definition) is 7. The van der Waals surface area contributed by atoms with E-state index in [1.165, 1.54) is 7.11 Å². The molecule has 4 aromatic carbocycles. The fraction of sp³-hybridized carbons (Fsp3) is 0.194. The van der Waals surface area contributed by atoms with E-state index < -0.39 is 23.4 Å². The first kappa shape index (κ1) is 26.7. The molecule has 1 aliphatic carbocycles. The Labute approximate surface area is 249 Å². The van der Waals surface area contributed by atoms with Crippen molar-refractivity contribution < 1.29 is 28.6 Å². The monoisotopic (exact) mass is 571 g/mol. The lowest BCUT2D eigenvalue weighted by Gasteiger charge is -2.37. The van der Waals surface area contributed by atoms with E-state index in [9.17, 15) is 14.4 Å². The third-order valence-electron chi connectivity index (χ3n) is 9.13. The predicted octanol–water partition coefficient (Wildman–Crippen LogP) is 6.03. The minimum Gasteiger partial charge on any atom is -0.497 e. The lowest BCUT2D eigenvalue weighted by Crippen LogP contribution is -2.48. The van der Waals surface area contributed by atoms with Crippen molar-refractivity contribution in [3.05, 3.63) is 125 Å². The molecular weight excluding hydrogens is 542 g/mol. The van der Waals surface area contributed by atoms with Crippen LogP contribution in [0.25, 0.3) is 6.08 Å². The SMILES string of the molecule is COc1ccc(C(=O)[C@@H]2[C@@H](c3ccc(OC)cc3OC)C3(C(=O)c4ccccc4C3=O)[C@H]3C=Cc4ccccc4N23)cc1. The summed E-state index contributed by atoms with van der Waals surface area (Å²) in [5, 5.41) is 0. The Morgan fingerprint density at radius 1 is 0.744 bits per heavy atom. The lowest BCUT2D eigenvalue weighted by molar-refractivity contribution is 0.0665. The summed E-state index contributed by atoms with van der Waals surface area (Å²) in [6.45, 7) is 0. The standard InChI is InChI=1S/C36H29NO6/c1-41-23-15-12-22(13-16-23)33(38)32-31(27-18-17-24(42-2)20-29(27)43-3)36(34(39)25-9-5-6-10-26(25)35(36)40)30-19-14-21-8-4-7-11-28(21)37(30)32/h4-20,30-32H,1-3H3/t30-,31-,32+/m1/s1. The Balaban J connectivity index is 1.55. The van der Waals surface area contributed by atoms with Gasteiger partial charge in [-0.25, -0.2) is 0 Å². The fourth-order valence-electron chi connectivity index (χ4n) is 7.26. The highest BCUT2D eigenvalue weighted by molar-refractivity contribution is 6.32. The van der Waals surface area contributed by atoms with Crippen LogP contribution in [0.3, 0.4) is 0 Å². The quantitative estimate of drug-likeness (QED) is 0.207. The zero-order valence-electron chi connectivity index (χ0n) is 23.9. The maximum atomic E-state index is 14.8. The number of ether oxygens (including phenoxy) is 3. The second-order valence-corrected chi connectivity index (χ2v) is 11.0. The smallest absolute Gasteiger partial charge is 0.185 e. The van der Waals surface area contributed by atoms with E-state index in [1.807, 2.05) is 47.4 Å². The van der Waals surface area contributed by atoms with E-state index in [0.29, 0.717) is 39.5 Å². The summed E-state index contributed by atoms with van der Waals surface area (Å²) in [6, 6.07) is 25.3.